The Morgan fingerprint density at radius 3 is 2.38 bits per heavy atom. The quantitative estimate of drug-likeness (QED) is 0.513. The average molecular weight is 400 g/mol. The highest BCUT2D eigenvalue weighted by atomic mass is 16.5. The van der Waals surface area contributed by atoms with Gasteiger partial charge in [-0.05, 0) is 42.2 Å². The van der Waals surface area contributed by atoms with Crippen molar-refractivity contribution in [3.8, 4) is 23.0 Å². The molecule has 0 fully saturated rings. The molecule has 2 aromatic carbocycles. The fraction of sp³-hybridized carbons (Fsp3) is 0.364. The Hall–Kier alpha value is -3.22. The number of methoxy groups -OCH3 is 3. The summed E-state index contributed by atoms with van der Waals surface area (Å²) in [6.45, 7) is 6.01. The van der Waals surface area contributed by atoms with Crippen molar-refractivity contribution in [2.24, 2.45) is 5.10 Å². The molecule has 0 aliphatic rings. The van der Waals surface area contributed by atoms with E-state index in [1.807, 2.05) is 25.1 Å². The van der Waals surface area contributed by atoms with Crippen LogP contribution < -0.4 is 24.4 Å². The van der Waals surface area contributed by atoms with E-state index in [1.165, 1.54) is 20.4 Å². The normalized spacial score (nSPS) is 10.9. The number of nitrogens with one attached hydrogen (secondary N) is 1. The van der Waals surface area contributed by atoms with Gasteiger partial charge in [-0.3, -0.25) is 4.79 Å². The van der Waals surface area contributed by atoms with Crippen molar-refractivity contribution < 1.29 is 23.7 Å². The molecule has 0 aliphatic carbocycles. The molecule has 0 radical (unpaired) electrons. The molecule has 0 aromatic heterocycles. The summed E-state index contributed by atoms with van der Waals surface area (Å²) in [4.78, 5) is 12.1. The van der Waals surface area contributed by atoms with E-state index >= 15 is 0 Å². The molecular formula is C22H28N2O5. The van der Waals surface area contributed by atoms with E-state index < -0.39 is 0 Å². The molecule has 0 saturated heterocycles. The van der Waals surface area contributed by atoms with Crippen LogP contribution in [0.2, 0.25) is 0 Å². The van der Waals surface area contributed by atoms with Crippen molar-refractivity contribution in [3.63, 3.8) is 0 Å². The maximum absolute atomic E-state index is 12.1. The lowest BCUT2D eigenvalue weighted by Gasteiger charge is -2.14. The lowest BCUT2D eigenvalue weighted by molar-refractivity contribution is -0.123. The van der Waals surface area contributed by atoms with Crippen LogP contribution in [0.15, 0.2) is 35.4 Å². The van der Waals surface area contributed by atoms with Gasteiger partial charge in [-0.1, -0.05) is 26.0 Å². The van der Waals surface area contributed by atoms with E-state index in [0.717, 1.165) is 11.1 Å². The third-order valence-electron chi connectivity index (χ3n) is 4.28. The SMILES string of the molecule is COc1ccc(C=NNC(=O)COc2cc(C)ccc2C(C)C)c(OC)c1OC. The summed E-state index contributed by atoms with van der Waals surface area (Å²) in [6, 6.07) is 9.48. The van der Waals surface area contributed by atoms with Crippen LogP contribution in [-0.4, -0.2) is 40.1 Å². The van der Waals surface area contributed by atoms with Crippen molar-refractivity contribution in [2.45, 2.75) is 26.7 Å². The maximum atomic E-state index is 12.1. The average Bonchev–Trinajstić information content (AvgIpc) is 2.71. The van der Waals surface area contributed by atoms with E-state index in [2.05, 4.69) is 24.4 Å². The van der Waals surface area contributed by atoms with Crippen molar-refractivity contribution in [2.75, 3.05) is 27.9 Å². The van der Waals surface area contributed by atoms with Gasteiger partial charge in [0.05, 0.1) is 27.5 Å². The van der Waals surface area contributed by atoms with Gasteiger partial charge < -0.3 is 18.9 Å². The van der Waals surface area contributed by atoms with Crippen LogP contribution in [0.1, 0.15) is 36.5 Å². The number of nitrogens with zero attached hydrogens (tertiary/aromatic N) is 1. The fourth-order valence-electron chi connectivity index (χ4n) is 2.82. The van der Waals surface area contributed by atoms with Crippen molar-refractivity contribution in [1.82, 2.24) is 5.43 Å². The predicted octanol–water partition coefficient (Wildman–Crippen LogP) is 3.67. The minimum absolute atomic E-state index is 0.135. The molecule has 0 bridgehead atoms. The number of ether oxygens (including phenoxy) is 4. The van der Waals surface area contributed by atoms with Crippen molar-refractivity contribution in [3.05, 3.63) is 47.0 Å². The Labute approximate surface area is 171 Å². The van der Waals surface area contributed by atoms with Crippen LogP contribution in [0.4, 0.5) is 0 Å². The molecule has 0 atom stereocenters. The number of carbonyl (C=O) groups is 1. The number of hydrogen-bond acceptors (Lipinski definition) is 6. The van der Waals surface area contributed by atoms with Gasteiger partial charge in [0.1, 0.15) is 5.75 Å². The Kier molecular flexibility index (Phi) is 7.88. The monoisotopic (exact) mass is 400 g/mol. The smallest absolute Gasteiger partial charge is 0.277 e. The third kappa shape index (κ3) is 5.63. The first-order valence-corrected chi connectivity index (χ1v) is 9.25. The molecule has 0 heterocycles. The first-order valence-electron chi connectivity index (χ1n) is 9.25. The van der Waals surface area contributed by atoms with E-state index in [0.29, 0.717) is 34.5 Å². The van der Waals surface area contributed by atoms with Crippen LogP contribution in [0.25, 0.3) is 0 Å². The molecule has 156 valence electrons. The number of hydrogen-bond donors (Lipinski definition) is 1. The number of benzene rings is 2. The second-order valence-corrected chi connectivity index (χ2v) is 6.70. The molecule has 1 amide bonds. The highest BCUT2D eigenvalue weighted by Gasteiger charge is 2.15. The minimum Gasteiger partial charge on any atom is -0.493 e. The van der Waals surface area contributed by atoms with Crippen LogP contribution in [-0.2, 0) is 4.79 Å². The first-order chi connectivity index (χ1) is 13.9. The topological polar surface area (TPSA) is 78.4 Å². The lowest BCUT2D eigenvalue weighted by Crippen LogP contribution is -2.25. The summed E-state index contributed by atoms with van der Waals surface area (Å²) in [5.41, 5.74) is 5.22. The highest BCUT2D eigenvalue weighted by molar-refractivity contribution is 5.87. The van der Waals surface area contributed by atoms with Crippen molar-refractivity contribution >= 4 is 12.1 Å². The minimum atomic E-state index is -0.364. The maximum Gasteiger partial charge on any atom is 0.277 e. The van der Waals surface area contributed by atoms with Gasteiger partial charge in [0, 0.05) is 5.56 Å². The Morgan fingerprint density at radius 1 is 1.03 bits per heavy atom. The molecular weight excluding hydrogens is 372 g/mol. The van der Waals surface area contributed by atoms with Gasteiger partial charge in [-0.15, -0.1) is 0 Å². The van der Waals surface area contributed by atoms with Crippen LogP contribution in [0.3, 0.4) is 0 Å². The summed E-state index contributed by atoms with van der Waals surface area (Å²) < 4.78 is 21.7. The second kappa shape index (κ2) is 10.4. The molecule has 0 spiro atoms. The van der Waals surface area contributed by atoms with Crippen LogP contribution >= 0.6 is 0 Å². The lowest BCUT2D eigenvalue weighted by atomic mass is 10.0. The number of rotatable bonds is 9. The fourth-order valence-corrected chi connectivity index (χ4v) is 2.82. The van der Waals surface area contributed by atoms with Gasteiger partial charge in [0.15, 0.2) is 18.1 Å². The Morgan fingerprint density at radius 2 is 1.76 bits per heavy atom. The molecule has 1 N–H and O–H groups in total. The zero-order valence-corrected chi connectivity index (χ0v) is 17.7. The molecule has 2 aromatic rings. The molecule has 29 heavy (non-hydrogen) atoms. The predicted molar refractivity (Wildman–Crippen MR) is 113 cm³/mol. The van der Waals surface area contributed by atoms with Gasteiger partial charge in [0.25, 0.3) is 5.91 Å². The van der Waals surface area contributed by atoms with Gasteiger partial charge in [-0.25, -0.2) is 5.43 Å². The summed E-state index contributed by atoms with van der Waals surface area (Å²) in [6.07, 6.45) is 1.48. The van der Waals surface area contributed by atoms with Gasteiger partial charge in [-0.2, -0.15) is 5.10 Å². The Balaban J connectivity index is 2.03. The molecule has 0 saturated carbocycles. The molecule has 7 nitrogen and oxygen atoms in total. The van der Waals surface area contributed by atoms with E-state index in [1.54, 1.807) is 19.2 Å². The molecule has 7 heteroatoms. The zero-order chi connectivity index (χ0) is 21.4. The third-order valence-corrected chi connectivity index (χ3v) is 4.28. The number of carbonyl (C=O) groups excluding carboxylic acids is 1. The number of aryl methyl sites for hydroxylation is 1. The Bertz CT molecular complexity index is 878. The summed E-state index contributed by atoms with van der Waals surface area (Å²) in [5, 5.41) is 3.99. The van der Waals surface area contributed by atoms with Crippen LogP contribution in [0.5, 0.6) is 23.0 Å². The molecule has 0 aliphatic heterocycles. The van der Waals surface area contributed by atoms with Gasteiger partial charge in [0.2, 0.25) is 5.75 Å². The van der Waals surface area contributed by atoms with Crippen molar-refractivity contribution in [1.29, 1.82) is 0 Å². The van der Waals surface area contributed by atoms with Crippen LogP contribution in [0, 0.1) is 6.92 Å². The largest absolute Gasteiger partial charge is 0.493 e. The molecule has 2 rings (SSSR count). The first kappa shape index (κ1) is 22.1. The van der Waals surface area contributed by atoms with E-state index in [4.69, 9.17) is 18.9 Å². The highest BCUT2D eigenvalue weighted by Crippen LogP contribution is 2.38. The van der Waals surface area contributed by atoms with E-state index in [-0.39, 0.29) is 12.5 Å². The summed E-state index contributed by atoms with van der Waals surface area (Å²) in [5.74, 6) is 2.09. The number of amides is 1. The summed E-state index contributed by atoms with van der Waals surface area (Å²) >= 11 is 0. The standard InChI is InChI=1S/C22H28N2O5/c1-14(2)17-9-7-15(3)11-19(17)29-13-20(25)24-23-12-16-8-10-18(26-4)22(28-6)21(16)27-5/h7-12,14H,13H2,1-6H3,(H,24,25). The second-order valence-electron chi connectivity index (χ2n) is 6.70. The number of hydrazone groups is 1. The molecule has 0 unspecified atom stereocenters. The van der Waals surface area contributed by atoms with Gasteiger partial charge >= 0.3 is 0 Å². The van der Waals surface area contributed by atoms with E-state index in [9.17, 15) is 4.79 Å². The zero-order valence-electron chi connectivity index (χ0n) is 17.7. The summed E-state index contributed by atoms with van der Waals surface area (Å²) in [7, 11) is 4.59.